The summed E-state index contributed by atoms with van der Waals surface area (Å²) < 4.78 is 16.4. The van der Waals surface area contributed by atoms with E-state index < -0.39 is 20.0 Å². The number of anilines is 1. The van der Waals surface area contributed by atoms with Gasteiger partial charge in [-0.2, -0.15) is 4.73 Å². The fourth-order valence-corrected chi connectivity index (χ4v) is 2.08. The third-order valence-corrected chi connectivity index (χ3v) is 3.00. The van der Waals surface area contributed by atoms with E-state index in [1.807, 2.05) is 0 Å². The average Bonchev–Trinajstić information content (AvgIpc) is 2.82. The quantitative estimate of drug-likeness (QED) is 0.429. The van der Waals surface area contributed by atoms with E-state index in [0.717, 1.165) is 4.73 Å². The molecule has 11 heteroatoms. The summed E-state index contributed by atoms with van der Waals surface area (Å²) in [6, 6.07) is 0. The Hall–Kier alpha value is -1.74. The van der Waals surface area contributed by atoms with Gasteiger partial charge in [0.1, 0.15) is 12.7 Å². The summed E-state index contributed by atoms with van der Waals surface area (Å²) in [5.74, 6) is 0.434. The van der Waals surface area contributed by atoms with Crippen molar-refractivity contribution < 1.29 is 24.3 Å². The van der Waals surface area contributed by atoms with Crippen LogP contribution in [0.2, 0.25) is 0 Å². The van der Waals surface area contributed by atoms with E-state index in [4.69, 9.17) is 20.3 Å². The topological polar surface area (TPSA) is 157 Å². The largest absolute Gasteiger partial charge is 0.425 e. The van der Waals surface area contributed by atoms with Gasteiger partial charge in [-0.05, 0) is 6.92 Å². The zero-order valence-corrected chi connectivity index (χ0v) is 11.4. The Kier molecular flexibility index (Phi) is 3.91. The molecule has 0 saturated heterocycles. The minimum atomic E-state index is -4.23. The van der Waals surface area contributed by atoms with Crippen LogP contribution in [-0.4, -0.2) is 47.1 Å². The Balaban J connectivity index is 2.16. The molecule has 2 heterocycles. The third-order valence-electron chi connectivity index (χ3n) is 2.51. The highest BCUT2D eigenvalue weighted by Gasteiger charge is 2.22. The van der Waals surface area contributed by atoms with Gasteiger partial charge in [-0.3, -0.25) is 4.57 Å². The molecule has 5 N–H and O–H groups in total. The predicted octanol–water partition coefficient (Wildman–Crippen LogP) is -0.320. The van der Waals surface area contributed by atoms with Crippen molar-refractivity contribution in [3.8, 4) is 11.5 Å². The normalized spacial score (nSPS) is 13.8. The second-order valence-corrected chi connectivity index (χ2v) is 5.83. The summed E-state index contributed by atoms with van der Waals surface area (Å²) in [5, 5.41) is 9.93. The number of nitrogens with zero attached hydrogens (tertiary/aromatic N) is 4. The molecule has 0 spiro atoms. The number of nitrogen functional groups attached to an aromatic ring is 1. The maximum Gasteiger partial charge on any atom is 0.350 e. The second-order valence-electron chi connectivity index (χ2n) is 4.25. The molecule has 0 radical (unpaired) electrons. The van der Waals surface area contributed by atoms with Crippen LogP contribution in [0.5, 0.6) is 0 Å². The lowest BCUT2D eigenvalue weighted by molar-refractivity contribution is 0.0794. The zero-order valence-electron chi connectivity index (χ0n) is 10.5. The smallest absolute Gasteiger partial charge is 0.350 e. The number of fused-ring (bicyclic) bond motifs is 1. The predicted molar refractivity (Wildman–Crippen MR) is 67.2 cm³/mol. The number of hydrogen-bond donors (Lipinski definition) is 4. The van der Waals surface area contributed by atoms with E-state index >= 15 is 0 Å². The highest BCUT2D eigenvalue weighted by atomic mass is 31.2. The summed E-state index contributed by atoms with van der Waals surface area (Å²) in [6.07, 6.45) is 0.0671. The molecular formula is C9H14N5O5P. The minimum absolute atomic E-state index is 0.101. The number of ether oxygens (including phenoxy) is 1. The number of aromatic nitrogens is 4. The van der Waals surface area contributed by atoms with Crippen LogP contribution in [0.4, 0.5) is 5.82 Å². The number of imidazole rings is 1. The van der Waals surface area contributed by atoms with Gasteiger partial charge in [-0.1, -0.05) is 0 Å². The second kappa shape index (κ2) is 5.33. The maximum absolute atomic E-state index is 10.7. The molecule has 2 rings (SSSR count). The van der Waals surface area contributed by atoms with E-state index in [2.05, 4.69) is 15.0 Å². The molecule has 0 amide bonds. The van der Waals surface area contributed by atoms with Crippen molar-refractivity contribution in [2.45, 2.75) is 19.4 Å². The van der Waals surface area contributed by atoms with E-state index in [1.54, 1.807) is 6.92 Å². The lowest BCUT2D eigenvalue weighted by Crippen LogP contribution is -2.20. The molecule has 0 fully saturated rings. The molecule has 0 aromatic heterocycles. The maximum atomic E-state index is 10.7. The summed E-state index contributed by atoms with van der Waals surface area (Å²) in [6.45, 7) is 1.59. The van der Waals surface area contributed by atoms with E-state index in [9.17, 15) is 9.77 Å². The lowest BCUT2D eigenvalue weighted by atomic mass is 10.2. The van der Waals surface area contributed by atoms with Gasteiger partial charge in [0.15, 0.2) is 17.3 Å². The van der Waals surface area contributed by atoms with Crippen LogP contribution in [0.15, 0.2) is 6.33 Å². The molecular weight excluding hydrogens is 289 g/mol. The van der Waals surface area contributed by atoms with Crippen molar-refractivity contribution in [3.63, 3.8) is 0 Å². The molecule has 2 aliphatic rings. The van der Waals surface area contributed by atoms with Gasteiger partial charge in [0.25, 0.3) is 0 Å². The van der Waals surface area contributed by atoms with Gasteiger partial charge >= 0.3 is 7.60 Å². The molecule has 0 aliphatic carbocycles. The van der Waals surface area contributed by atoms with E-state index in [1.165, 1.54) is 6.33 Å². The van der Waals surface area contributed by atoms with Gasteiger partial charge in [0, 0.05) is 6.42 Å². The molecule has 110 valence electrons. The van der Waals surface area contributed by atoms with Gasteiger partial charge in [-0.15, -0.1) is 0 Å². The first kappa shape index (κ1) is 14.7. The fourth-order valence-electron chi connectivity index (χ4n) is 1.63. The van der Waals surface area contributed by atoms with Crippen LogP contribution in [-0.2, 0) is 15.7 Å². The SMILES string of the molecule is CC(Cc1nc(N)c2ncnc-2n1O)OCP(=O)(O)O. The monoisotopic (exact) mass is 303 g/mol. The number of nitrogens with two attached hydrogens (primary N) is 1. The summed E-state index contributed by atoms with van der Waals surface area (Å²) in [4.78, 5) is 29.1. The highest BCUT2D eigenvalue weighted by Crippen LogP contribution is 2.34. The van der Waals surface area contributed by atoms with Crippen molar-refractivity contribution in [1.82, 2.24) is 19.7 Å². The standard InChI is InChI=1S/C9H14N5O5P/c1-5(19-4-20(16,17)18)2-6-13-8(10)7-9(14(6)15)12-3-11-7/h3,5,15H,2,4,10H2,1H3,(H2,16,17,18). The molecule has 0 saturated carbocycles. The van der Waals surface area contributed by atoms with E-state index in [-0.39, 0.29) is 29.6 Å². The van der Waals surface area contributed by atoms with Crippen LogP contribution in [0.25, 0.3) is 11.5 Å². The Morgan fingerprint density at radius 3 is 2.85 bits per heavy atom. The zero-order chi connectivity index (χ0) is 14.9. The van der Waals surface area contributed by atoms with Gasteiger partial charge in [-0.25, -0.2) is 15.0 Å². The van der Waals surface area contributed by atoms with Crippen LogP contribution < -0.4 is 5.73 Å². The molecule has 0 bridgehead atoms. The highest BCUT2D eigenvalue weighted by molar-refractivity contribution is 7.51. The van der Waals surface area contributed by atoms with Crippen molar-refractivity contribution in [2.75, 3.05) is 12.1 Å². The van der Waals surface area contributed by atoms with Crippen molar-refractivity contribution in [3.05, 3.63) is 12.2 Å². The fraction of sp³-hybridized carbons (Fsp3) is 0.444. The first-order chi connectivity index (χ1) is 9.28. The Bertz CT molecular complexity index is 626. The van der Waals surface area contributed by atoms with Gasteiger partial charge in [0.2, 0.25) is 5.82 Å². The Morgan fingerprint density at radius 1 is 1.50 bits per heavy atom. The molecule has 1 atom stereocenters. The van der Waals surface area contributed by atoms with Crippen molar-refractivity contribution >= 4 is 13.4 Å². The molecule has 10 nitrogen and oxygen atoms in total. The first-order valence-corrected chi connectivity index (χ1v) is 7.41. The van der Waals surface area contributed by atoms with Crippen molar-refractivity contribution in [1.29, 1.82) is 0 Å². The van der Waals surface area contributed by atoms with Crippen LogP contribution in [0.1, 0.15) is 12.7 Å². The minimum Gasteiger partial charge on any atom is -0.425 e. The Morgan fingerprint density at radius 2 is 2.20 bits per heavy atom. The summed E-state index contributed by atoms with van der Waals surface area (Å²) >= 11 is 0. The molecule has 20 heavy (non-hydrogen) atoms. The third kappa shape index (κ3) is 3.23. The van der Waals surface area contributed by atoms with Gasteiger partial charge in [0.05, 0.1) is 6.10 Å². The van der Waals surface area contributed by atoms with Crippen molar-refractivity contribution in [2.24, 2.45) is 0 Å². The first-order valence-electron chi connectivity index (χ1n) is 5.61. The lowest BCUT2D eigenvalue weighted by Gasteiger charge is -2.16. The molecule has 2 aliphatic heterocycles. The number of hydrogen-bond acceptors (Lipinski definition) is 7. The average molecular weight is 303 g/mol. The van der Waals surface area contributed by atoms with Crippen LogP contribution >= 0.6 is 7.60 Å². The molecule has 0 aromatic carbocycles. The molecule has 1 unspecified atom stereocenters. The van der Waals surface area contributed by atoms with Gasteiger partial charge < -0.3 is 25.5 Å². The summed E-state index contributed by atoms with van der Waals surface area (Å²) in [7, 11) is -4.23. The Labute approximate surface area is 113 Å². The summed E-state index contributed by atoms with van der Waals surface area (Å²) in [5.41, 5.74) is 5.96. The number of rotatable bonds is 5. The van der Waals surface area contributed by atoms with Crippen LogP contribution in [0, 0.1) is 0 Å². The molecule has 0 aromatic rings. The van der Waals surface area contributed by atoms with E-state index in [0.29, 0.717) is 0 Å². The van der Waals surface area contributed by atoms with Crippen LogP contribution in [0.3, 0.4) is 0 Å².